The molecule has 8 nitrogen and oxygen atoms in total. The summed E-state index contributed by atoms with van der Waals surface area (Å²) in [6.45, 7) is 9.48. The number of carbonyl (C=O) groups is 2. The molecular formula is C19H30N4O4. The van der Waals surface area contributed by atoms with Crippen LogP contribution in [0, 0.1) is 12.8 Å². The minimum atomic E-state index is -0.507. The second kappa shape index (κ2) is 7.86. The molecule has 8 heteroatoms. The van der Waals surface area contributed by atoms with Crippen LogP contribution in [0.25, 0.3) is 0 Å². The van der Waals surface area contributed by atoms with Gasteiger partial charge in [0.2, 0.25) is 11.8 Å². The Bertz CT molecular complexity index is 681. The van der Waals surface area contributed by atoms with Gasteiger partial charge in [0.1, 0.15) is 5.60 Å². The molecule has 2 fully saturated rings. The normalized spacial score (nSPS) is 22.7. The van der Waals surface area contributed by atoms with E-state index >= 15 is 0 Å². The fourth-order valence-electron chi connectivity index (χ4n) is 3.90. The zero-order valence-electron chi connectivity index (χ0n) is 16.7. The summed E-state index contributed by atoms with van der Waals surface area (Å²) in [6, 6.07) is 0.0659. The molecule has 2 aliphatic heterocycles. The molecule has 0 spiro atoms. The van der Waals surface area contributed by atoms with Crippen molar-refractivity contribution in [3.8, 4) is 0 Å². The van der Waals surface area contributed by atoms with E-state index in [0.29, 0.717) is 50.0 Å². The van der Waals surface area contributed by atoms with E-state index in [-0.39, 0.29) is 18.0 Å². The van der Waals surface area contributed by atoms with Gasteiger partial charge in [-0.15, -0.1) is 0 Å². The number of hydrogen-bond acceptors (Lipinski definition) is 6. The number of piperidine rings is 1. The molecule has 150 valence electrons. The molecule has 2 saturated heterocycles. The quantitative estimate of drug-likeness (QED) is 0.800. The zero-order chi connectivity index (χ0) is 19.6. The van der Waals surface area contributed by atoms with Crippen molar-refractivity contribution in [1.82, 2.24) is 19.9 Å². The summed E-state index contributed by atoms with van der Waals surface area (Å²) in [5.41, 5.74) is -0.507. The van der Waals surface area contributed by atoms with Gasteiger partial charge in [-0.25, -0.2) is 4.79 Å². The Morgan fingerprint density at radius 2 is 2.00 bits per heavy atom. The largest absolute Gasteiger partial charge is 0.444 e. The molecule has 0 aliphatic carbocycles. The summed E-state index contributed by atoms with van der Waals surface area (Å²) in [5, 5.41) is 3.76. The number of carbonyl (C=O) groups excluding carboxylic acids is 2. The van der Waals surface area contributed by atoms with Gasteiger partial charge in [0.15, 0.2) is 5.82 Å². The highest BCUT2D eigenvalue weighted by Crippen LogP contribution is 2.33. The van der Waals surface area contributed by atoms with Crippen LogP contribution in [0.4, 0.5) is 4.79 Å². The summed E-state index contributed by atoms with van der Waals surface area (Å²) < 4.78 is 10.6. The Labute approximate surface area is 160 Å². The standard InChI is InChI=1S/C19H30N4O4/c1-13-20-16(27-21-13)6-5-7-17(24)22-10-8-14-9-11-23(15(14)12-22)18(25)26-19(2,3)4/h14-15H,5-12H2,1-4H3/t14-,15-/m0/s1. The van der Waals surface area contributed by atoms with Gasteiger partial charge in [-0.1, -0.05) is 5.16 Å². The van der Waals surface area contributed by atoms with Crippen LogP contribution < -0.4 is 0 Å². The predicted octanol–water partition coefficient (Wildman–Crippen LogP) is 2.56. The van der Waals surface area contributed by atoms with Crippen LogP contribution >= 0.6 is 0 Å². The van der Waals surface area contributed by atoms with Crippen molar-refractivity contribution in [2.75, 3.05) is 19.6 Å². The fraction of sp³-hybridized carbons (Fsp3) is 0.789. The zero-order valence-corrected chi connectivity index (χ0v) is 16.7. The first-order valence-electron chi connectivity index (χ1n) is 9.79. The average Bonchev–Trinajstić information content (AvgIpc) is 3.18. The maximum absolute atomic E-state index is 12.6. The van der Waals surface area contributed by atoms with Gasteiger partial charge in [-0.05, 0) is 52.9 Å². The maximum Gasteiger partial charge on any atom is 0.410 e. The second-order valence-corrected chi connectivity index (χ2v) is 8.51. The Kier molecular flexibility index (Phi) is 5.72. The Morgan fingerprint density at radius 3 is 2.67 bits per heavy atom. The Morgan fingerprint density at radius 1 is 1.26 bits per heavy atom. The third-order valence-corrected chi connectivity index (χ3v) is 5.19. The lowest BCUT2D eigenvalue weighted by atomic mass is 9.92. The summed E-state index contributed by atoms with van der Waals surface area (Å²) in [7, 11) is 0. The van der Waals surface area contributed by atoms with Crippen LogP contribution in [0.1, 0.15) is 58.2 Å². The Hall–Kier alpha value is -2.12. The van der Waals surface area contributed by atoms with E-state index in [9.17, 15) is 9.59 Å². The number of fused-ring (bicyclic) bond motifs is 1. The summed E-state index contributed by atoms with van der Waals surface area (Å²) in [5.74, 6) is 1.77. The van der Waals surface area contributed by atoms with Gasteiger partial charge in [0.05, 0.1) is 6.04 Å². The van der Waals surface area contributed by atoms with Crippen LogP contribution in [0.2, 0.25) is 0 Å². The van der Waals surface area contributed by atoms with Crippen molar-refractivity contribution >= 4 is 12.0 Å². The van der Waals surface area contributed by atoms with Crippen LogP contribution in [0.15, 0.2) is 4.52 Å². The summed E-state index contributed by atoms with van der Waals surface area (Å²) in [4.78, 5) is 33.0. The maximum atomic E-state index is 12.6. The molecule has 3 rings (SSSR count). The lowest BCUT2D eigenvalue weighted by Gasteiger charge is -2.38. The molecule has 0 bridgehead atoms. The molecule has 3 heterocycles. The van der Waals surface area contributed by atoms with E-state index in [0.717, 1.165) is 19.4 Å². The van der Waals surface area contributed by atoms with Gasteiger partial charge in [0.25, 0.3) is 0 Å². The molecule has 2 atom stereocenters. The highest BCUT2D eigenvalue weighted by molar-refractivity contribution is 5.76. The number of aryl methyl sites for hydroxylation is 2. The highest BCUT2D eigenvalue weighted by Gasteiger charge is 2.42. The molecule has 1 aromatic rings. The van der Waals surface area contributed by atoms with Crippen molar-refractivity contribution < 1.29 is 18.8 Å². The van der Waals surface area contributed by atoms with E-state index in [1.165, 1.54) is 0 Å². The molecule has 0 radical (unpaired) electrons. The molecule has 0 aromatic carbocycles. The van der Waals surface area contributed by atoms with Gasteiger partial charge < -0.3 is 19.1 Å². The number of hydrogen-bond donors (Lipinski definition) is 0. The van der Waals surface area contributed by atoms with Crippen LogP contribution in [-0.2, 0) is 16.0 Å². The average molecular weight is 378 g/mol. The molecule has 2 aliphatic rings. The minimum Gasteiger partial charge on any atom is -0.444 e. The first kappa shape index (κ1) is 19.6. The van der Waals surface area contributed by atoms with Gasteiger partial charge >= 0.3 is 6.09 Å². The summed E-state index contributed by atoms with van der Waals surface area (Å²) in [6.07, 6.45) is 3.40. The fourth-order valence-corrected chi connectivity index (χ4v) is 3.90. The molecular weight excluding hydrogens is 348 g/mol. The lowest BCUT2D eigenvalue weighted by Crippen LogP contribution is -2.52. The van der Waals surface area contributed by atoms with Crippen LogP contribution in [0.5, 0.6) is 0 Å². The van der Waals surface area contributed by atoms with E-state index in [4.69, 9.17) is 9.26 Å². The molecule has 0 saturated carbocycles. The van der Waals surface area contributed by atoms with Gasteiger partial charge in [0, 0.05) is 32.5 Å². The molecule has 0 unspecified atom stereocenters. The van der Waals surface area contributed by atoms with Crippen LogP contribution in [-0.4, -0.2) is 63.2 Å². The smallest absolute Gasteiger partial charge is 0.410 e. The van der Waals surface area contributed by atoms with Crippen molar-refractivity contribution in [2.45, 2.75) is 71.4 Å². The molecule has 0 N–H and O–H groups in total. The van der Waals surface area contributed by atoms with E-state index in [2.05, 4.69) is 10.1 Å². The third-order valence-electron chi connectivity index (χ3n) is 5.19. The van der Waals surface area contributed by atoms with Crippen molar-refractivity contribution in [3.05, 3.63) is 11.7 Å². The number of aromatic nitrogens is 2. The first-order valence-corrected chi connectivity index (χ1v) is 9.79. The SMILES string of the molecule is Cc1noc(CCCC(=O)N2CC[C@H]3CCN(C(=O)OC(C)(C)C)[C@H]3C2)n1. The van der Waals surface area contributed by atoms with Gasteiger partial charge in [-0.3, -0.25) is 4.79 Å². The third kappa shape index (κ3) is 4.99. The first-order chi connectivity index (χ1) is 12.7. The number of nitrogens with zero attached hydrogens (tertiary/aromatic N) is 4. The van der Waals surface area contributed by atoms with E-state index < -0.39 is 5.60 Å². The number of rotatable bonds is 4. The highest BCUT2D eigenvalue weighted by atomic mass is 16.6. The molecule has 27 heavy (non-hydrogen) atoms. The van der Waals surface area contributed by atoms with Crippen molar-refractivity contribution in [3.63, 3.8) is 0 Å². The van der Waals surface area contributed by atoms with Crippen molar-refractivity contribution in [2.24, 2.45) is 5.92 Å². The van der Waals surface area contributed by atoms with Crippen LogP contribution in [0.3, 0.4) is 0 Å². The number of amides is 2. The second-order valence-electron chi connectivity index (χ2n) is 8.51. The van der Waals surface area contributed by atoms with Gasteiger partial charge in [-0.2, -0.15) is 4.98 Å². The number of ether oxygens (including phenoxy) is 1. The topological polar surface area (TPSA) is 88.8 Å². The molecule has 1 aromatic heterocycles. The van der Waals surface area contributed by atoms with E-state index in [1.807, 2.05) is 30.6 Å². The lowest BCUT2D eigenvalue weighted by molar-refractivity contribution is -0.133. The Balaban J connectivity index is 1.51. The number of likely N-dealkylation sites (tertiary alicyclic amines) is 2. The van der Waals surface area contributed by atoms with E-state index in [1.54, 1.807) is 6.92 Å². The summed E-state index contributed by atoms with van der Waals surface area (Å²) >= 11 is 0. The predicted molar refractivity (Wildman–Crippen MR) is 98.0 cm³/mol. The molecule has 2 amide bonds. The monoisotopic (exact) mass is 378 g/mol. The minimum absolute atomic E-state index is 0.0659. The van der Waals surface area contributed by atoms with Crippen molar-refractivity contribution in [1.29, 1.82) is 0 Å².